The van der Waals surface area contributed by atoms with E-state index >= 15 is 0 Å². The molecule has 3 atom stereocenters. The molecule has 1 aromatic heterocycles. The normalized spacial score (nSPS) is 29.5. The second-order valence-corrected chi connectivity index (χ2v) is 7.72. The van der Waals surface area contributed by atoms with E-state index in [4.69, 9.17) is 0 Å². The minimum absolute atomic E-state index is 0.283. The van der Waals surface area contributed by atoms with Crippen molar-refractivity contribution in [1.29, 1.82) is 0 Å². The third-order valence-corrected chi connectivity index (χ3v) is 6.49. The van der Waals surface area contributed by atoms with E-state index in [0.29, 0.717) is 17.9 Å². The van der Waals surface area contributed by atoms with Crippen LogP contribution in [-0.4, -0.2) is 28.8 Å². The summed E-state index contributed by atoms with van der Waals surface area (Å²) < 4.78 is 0. The number of hydrogen-bond acceptors (Lipinski definition) is 2. The summed E-state index contributed by atoms with van der Waals surface area (Å²) in [6, 6.07) is 9.12. The first-order chi connectivity index (χ1) is 11.7. The van der Waals surface area contributed by atoms with Crippen LogP contribution in [-0.2, 0) is 11.2 Å². The number of rotatable bonds is 1. The number of nitrogens with one attached hydrogen (secondary N) is 1. The average Bonchev–Trinajstić information content (AvgIpc) is 2.98. The number of nitrogens with zero attached hydrogens (tertiary/aromatic N) is 1. The lowest BCUT2D eigenvalue weighted by Crippen LogP contribution is -2.47. The molecule has 0 unspecified atom stereocenters. The number of carbonyl (C=O) groups excluding carboxylic acids is 1. The van der Waals surface area contributed by atoms with Gasteiger partial charge in [-0.25, -0.2) is 0 Å². The van der Waals surface area contributed by atoms with Crippen molar-refractivity contribution in [3.63, 3.8) is 0 Å². The Bertz CT molecular complexity index is 847. The van der Waals surface area contributed by atoms with Crippen LogP contribution >= 0.6 is 0 Å². The number of ketones is 1. The molecule has 1 N–H and O–H groups in total. The lowest BCUT2D eigenvalue weighted by molar-refractivity contribution is -0.114. The average molecular weight is 320 g/mol. The summed E-state index contributed by atoms with van der Waals surface area (Å²) in [7, 11) is 0. The molecule has 1 saturated heterocycles. The van der Waals surface area contributed by atoms with Crippen LogP contribution in [0.15, 0.2) is 35.9 Å². The molecule has 0 bridgehead atoms. The van der Waals surface area contributed by atoms with Crippen molar-refractivity contribution in [2.45, 2.75) is 38.6 Å². The number of piperidine rings is 1. The van der Waals surface area contributed by atoms with Gasteiger partial charge in [0.05, 0.1) is 6.04 Å². The van der Waals surface area contributed by atoms with Gasteiger partial charge in [-0.15, -0.1) is 0 Å². The van der Waals surface area contributed by atoms with Gasteiger partial charge < -0.3 is 4.98 Å². The highest BCUT2D eigenvalue weighted by molar-refractivity contribution is 5.94. The number of carbonyl (C=O) groups is 1. The summed E-state index contributed by atoms with van der Waals surface area (Å²) in [4.78, 5) is 18.5. The number of allylic oxidation sites excluding steroid dienone is 2. The van der Waals surface area contributed by atoms with Crippen LogP contribution in [0.5, 0.6) is 0 Å². The van der Waals surface area contributed by atoms with E-state index < -0.39 is 0 Å². The molecule has 124 valence electrons. The van der Waals surface area contributed by atoms with Crippen LogP contribution < -0.4 is 0 Å². The van der Waals surface area contributed by atoms with E-state index in [1.54, 1.807) is 6.92 Å². The predicted molar refractivity (Wildman–Crippen MR) is 95.9 cm³/mol. The highest BCUT2D eigenvalue weighted by Crippen LogP contribution is 2.47. The molecule has 5 rings (SSSR count). The smallest absolute Gasteiger partial charge is 0.155 e. The fourth-order valence-corrected chi connectivity index (χ4v) is 5.40. The summed E-state index contributed by atoms with van der Waals surface area (Å²) in [6.45, 7) is 4.05. The number of hydrogen-bond donors (Lipinski definition) is 1. The Morgan fingerprint density at radius 1 is 1.29 bits per heavy atom. The molecule has 0 amide bonds. The Morgan fingerprint density at radius 3 is 3.04 bits per heavy atom. The van der Waals surface area contributed by atoms with Gasteiger partial charge in [-0.3, -0.25) is 9.69 Å². The summed E-state index contributed by atoms with van der Waals surface area (Å²) in [5, 5.41) is 1.39. The zero-order chi connectivity index (χ0) is 16.3. The molecule has 1 aromatic carbocycles. The first kappa shape index (κ1) is 14.5. The monoisotopic (exact) mass is 320 g/mol. The van der Waals surface area contributed by atoms with Gasteiger partial charge in [0, 0.05) is 29.7 Å². The van der Waals surface area contributed by atoms with Crippen molar-refractivity contribution in [3.05, 3.63) is 47.2 Å². The lowest BCUT2D eigenvalue weighted by atomic mass is 9.69. The topological polar surface area (TPSA) is 36.1 Å². The molecule has 1 aliphatic carbocycles. The van der Waals surface area contributed by atoms with Crippen molar-refractivity contribution in [3.8, 4) is 0 Å². The van der Waals surface area contributed by atoms with Crippen molar-refractivity contribution < 1.29 is 4.79 Å². The van der Waals surface area contributed by atoms with Crippen LogP contribution in [0.1, 0.15) is 43.5 Å². The lowest BCUT2D eigenvalue weighted by Gasteiger charge is -2.48. The van der Waals surface area contributed by atoms with Crippen molar-refractivity contribution >= 4 is 16.7 Å². The molecule has 2 aromatic rings. The summed E-state index contributed by atoms with van der Waals surface area (Å²) in [6.07, 6.45) is 6.77. The zero-order valence-corrected chi connectivity index (χ0v) is 14.2. The van der Waals surface area contributed by atoms with Gasteiger partial charge in [-0.1, -0.05) is 24.3 Å². The van der Waals surface area contributed by atoms with E-state index in [9.17, 15) is 4.79 Å². The molecule has 0 spiro atoms. The third-order valence-electron chi connectivity index (χ3n) is 6.49. The van der Waals surface area contributed by atoms with E-state index in [1.807, 2.05) is 0 Å². The number of fused-ring (bicyclic) bond motifs is 6. The second kappa shape index (κ2) is 5.32. The quantitative estimate of drug-likeness (QED) is 0.862. The molecule has 2 aliphatic heterocycles. The molecule has 24 heavy (non-hydrogen) atoms. The second-order valence-electron chi connectivity index (χ2n) is 7.72. The summed E-state index contributed by atoms with van der Waals surface area (Å²) in [5.41, 5.74) is 5.29. The van der Waals surface area contributed by atoms with Crippen LogP contribution in [0.3, 0.4) is 0 Å². The van der Waals surface area contributed by atoms with Gasteiger partial charge in [0.2, 0.25) is 0 Å². The van der Waals surface area contributed by atoms with Gasteiger partial charge >= 0.3 is 0 Å². The first-order valence-electron chi connectivity index (χ1n) is 9.27. The van der Waals surface area contributed by atoms with Crippen molar-refractivity contribution in [1.82, 2.24) is 9.88 Å². The molecular formula is C21H24N2O. The minimum Gasteiger partial charge on any atom is -0.357 e. The highest BCUT2D eigenvalue weighted by atomic mass is 16.1. The van der Waals surface area contributed by atoms with Crippen LogP contribution in [0, 0.1) is 11.8 Å². The Morgan fingerprint density at radius 2 is 2.17 bits per heavy atom. The zero-order valence-electron chi connectivity index (χ0n) is 14.2. The summed E-state index contributed by atoms with van der Waals surface area (Å²) >= 11 is 0. The molecule has 3 heterocycles. The Hall–Kier alpha value is -1.87. The minimum atomic E-state index is 0.283. The van der Waals surface area contributed by atoms with Gasteiger partial charge in [0.1, 0.15) is 0 Å². The number of aromatic amines is 1. The van der Waals surface area contributed by atoms with E-state index in [0.717, 1.165) is 37.9 Å². The van der Waals surface area contributed by atoms with Crippen LogP contribution in [0.2, 0.25) is 0 Å². The SMILES string of the molecule is CC(=O)C1=CCC[C@H]2CN3CCc4c([nH]c5ccccc45)[C@@H]3C[C@H]12. The molecule has 1 fully saturated rings. The molecule has 3 aliphatic rings. The highest BCUT2D eigenvalue weighted by Gasteiger charge is 2.42. The van der Waals surface area contributed by atoms with Gasteiger partial charge in [0.15, 0.2) is 5.78 Å². The maximum Gasteiger partial charge on any atom is 0.155 e. The van der Waals surface area contributed by atoms with Gasteiger partial charge in [0.25, 0.3) is 0 Å². The Balaban J connectivity index is 1.56. The van der Waals surface area contributed by atoms with Crippen molar-refractivity contribution in [2.75, 3.05) is 13.1 Å². The van der Waals surface area contributed by atoms with Crippen LogP contribution in [0.25, 0.3) is 10.9 Å². The molecular weight excluding hydrogens is 296 g/mol. The fourth-order valence-electron chi connectivity index (χ4n) is 5.40. The number of aromatic nitrogens is 1. The summed E-state index contributed by atoms with van der Waals surface area (Å²) in [5.74, 6) is 1.40. The maximum absolute atomic E-state index is 12.1. The number of Topliss-reactive ketones (excluding diaryl/α,β-unsaturated/α-hetero) is 1. The Labute approximate surface area is 142 Å². The van der Waals surface area contributed by atoms with Gasteiger partial charge in [-0.05, 0) is 61.6 Å². The maximum atomic E-state index is 12.1. The van der Waals surface area contributed by atoms with E-state index in [-0.39, 0.29) is 5.78 Å². The third kappa shape index (κ3) is 2.04. The number of para-hydroxylation sites is 1. The Kier molecular flexibility index (Phi) is 3.21. The number of benzene rings is 1. The predicted octanol–water partition coefficient (Wildman–Crippen LogP) is 4.01. The van der Waals surface area contributed by atoms with E-state index in [2.05, 4.69) is 40.2 Å². The van der Waals surface area contributed by atoms with Crippen molar-refractivity contribution in [2.24, 2.45) is 11.8 Å². The molecule has 0 saturated carbocycles. The largest absolute Gasteiger partial charge is 0.357 e. The molecule has 0 radical (unpaired) electrons. The molecule has 3 heteroatoms. The molecule has 3 nitrogen and oxygen atoms in total. The van der Waals surface area contributed by atoms with E-state index in [1.165, 1.54) is 28.6 Å². The van der Waals surface area contributed by atoms with Crippen LogP contribution in [0.4, 0.5) is 0 Å². The standard InChI is InChI=1S/C21H24N2O/c1-13(24)15-7-4-5-14-12-23-10-9-17-16-6-2-3-8-19(16)22-21(17)20(23)11-18(14)15/h2-3,6-8,14,18,20,22H,4-5,9-12H2,1H3/t14-,18-,20-/m0/s1. The number of H-pyrrole nitrogens is 1. The first-order valence-corrected chi connectivity index (χ1v) is 9.27. The van der Waals surface area contributed by atoms with Gasteiger partial charge in [-0.2, -0.15) is 0 Å². The fraction of sp³-hybridized carbons (Fsp3) is 0.476.